The van der Waals surface area contributed by atoms with Gasteiger partial charge in [0, 0.05) is 31.4 Å². The standard InChI is InChI=1S/C22H27N3O4/c1-28-19-7-6-16(14-20(19)29-2)8-10-24-21(26)18-15-17(9-11-23-18)22(27)25-12-4-3-5-13-25/h6-7,9,11,14-15H,3-5,8,10,12-13H2,1-2H3,(H,24,26). The number of amides is 2. The highest BCUT2D eigenvalue weighted by molar-refractivity contribution is 5.98. The highest BCUT2D eigenvalue weighted by atomic mass is 16.5. The number of hydrogen-bond donors (Lipinski definition) is 1. The van der Waals surface area contributed by atoms with E-state index in [1.54, 1.807) is 26.4 Å². The molecule has 1 aliphatic rings. The molecule has 2 heterocycles. The number of rotatable bonds is 7. The van der Waals surface area contributed by atoms with Crippen LogP contribution < -0.4 is 14.8 Å². The molecule has 1 aromatic heterocycles. The summed E-state index contributed by atoms with van der Waals surface area (Å²) in [6.45, 7) is 1.99. The number of piperidine rings is 1. The van der Waals surface area contributed by atoms with E-state index in [-0.39, 0.29) is 17.5 Å². The van der Waals surface area contributed by atoms with Crippen molar-refractivity contribution in [3.05, 3.63) is 53.3 Å². The molecule has 3 rings (SSSR count). The summed E-state index contributed by atoms with van der Waals surface area (Å²) < 4.78 is 10.5. The summed E-state index contributed by atoms with van der Waals surface area (Å²) in [5, 5.41) is 2.86. The Kier molecular flexibility index (Phi) is 7.05. The molecule has 1 aromatic carbocycles. The normalized spacial score (nSPS) is 13.7. The first-order valence-corrected chi connectivity index (χ1v) is 9.87. The van der Waals surface area contributed by atoms with Crippen molar-refractivity contribution >= 4 is 11.8 Å². The van der Waals surface area contributed by atoms with Crippen molar-refractivity contribution in [1.29, 1.82) is 0 Å². The zero-order chi connectivity index (χ0) is 20.6. The van der Waals surface area contributed by atoms with Crippen molar-refractivity contribution < 1.29 is 19.1 Å². The summed E-state index contributed by atoms with van der Waals surface area (Å²) in [7, 11) is 3.18. The summed E-state index contributed by atoms with van der Waals surface area (Å²) in [4.78, 5) is 31.1. The molecular weight excluding hydrogens is 370 g/mol. The smallest absolute Gasteiger partial charge is 0.269 e. The van der Waals surface area contributed by atoms with Gasteiger partial charge in [0.15, 0.2) is 11.5 Å². The summed E-state index contributed by atoms with van der Waals surface area (Å²) in [6, 6.07) is 8.90. The molecule has 0 spiro atoms. The lowest BCUT2D eigenvalue weighted by Gasteiger charge is -2.26. The molecule has 0 radical (unpaired) electrons. The number of aromatic nitrogens is 1. The van der Waals surface area contributed by atoms with Crippen molar-refractivity contribution in [2.45, 2.75) is 25.7 Å². The largest absolute Gasteiger partial charge is 0.493 e. The molecule has 7 heteroatoms. The average molecular weight is 397 g/mol. The average Bonchev–Trinajstić information content (AvgIpc) is 2.79. The zero-order valence-electron chi connectivity index (χ0n) is 16.9. The minimum Gasteiger partial charge on any atom is -0.493 e. The Morgan fingerprint density at radius 2 is 1.79 bits per heavy atom. The molecule has 1 fully saturated rings. The van der Waals surface area contributed by atoms with Crippen LogP contribution in [0.15, 0.2) is 36.5 Å². The first-order valence-electron chi connectivity index (χ1n) is 9.87. The van der Waals surface area contributed by atoms with Gasteiger partial charge in [0.2, 0.25) is 0 Å². The molecule has 1 aliphatic heterocycles. The Morgan fingerprint density at radius 1 is 1.03 bits per heavy atom. The maximum atomic E-state index is 12.6. The van der Waals surface area contributed by atoms with Crippen LogP contribution in [-0.4, -0.2) is 55.6 Å². The summed E-state index contributed by atoms with van der Waals surface area (Å²) in [5.74, 6) is 0.992. The van der Waals surface area contributed by atoms with Gasteiger partial charge in [-0.3, -0.25) is 14.6 Å². The van der Waals surface area contributed by atoms with E-state index in [0.717, 1.165) is 37.9 Å². The van der Waals surface area contributed by atoms with Crippen molar-refractivity contribution in [2.24, 2.45) is 0 Å². The van der Waals surface area contributed by atoms with E-state index in [1.165, 1.54) is 6.20 Å². The van der Waals surface area contributed by atoms with Crippen LogP contribution >= 0.6 is 0 Å². The second-order valence-electron chi connectivity index (χ2n) is 6.98. The third kappa shape index (κ3) is 5.25. The third-order valence-corrected chi connectivity index (χ3v) is 5.03. The first kappa shape index (κ1) is 20.6. The zero-order valence-corrected chi connectivity index (χ0v) is 16.9. The Hall–Kier alpha value is -3.09. The second kappa shape index (κ2) is 9.91. The van der Waals surface area contributed by atoms with E-state index in [2.05, 4.69) is 10.3 Å². The minimum absolute atomic E-state index is 0.0357. The molecule has 154 valence electrons. The molecule has 0 aliphatic carbocycles. The lowest BCUT2D eigenvalue weighted by Crippen LogP contribution is -2.35. The maximum Gasteiger partial charge on any atom is 0.269 e. The van der Waals surface area contributed by atoms with Gasteiger partial charge in [-0.25, -0.2) is 0 Å². The monoisotopic (exact) mass is 397 g/mol. The molecule has 2 amide bonds. The van der Waals surface area contributed by atoms with E-state index in [0.29, 0.717) is 30.0 Å². The molecule has 29 heavy (non-hydrogen) atoms. The number of benzene rings is 1. The molecule has 0 saturated carbocycles. The van der Waals surface area contributed by atoms with E-state index < -0.39 is 0 Å². The van der Waals surface area contributed by atoms with E-state index in [9.17, 15) is 9.59 Å². The number of nitrogens with one attached hydrogen (secondary N) is 1. The topological polar surface area (TPSA) is 80.8 Å². The lowest BCUT2D eigenvalue weighted by atomic mass is 10.1. The number of likely N-dealkylation sites (tertiary alicyclic amines) is 1. The van der Waals surface area contributed by atoms with E-state index in [4.69, 9.17) is 9.47 Å². The number of nitrogens with zero attached hydrogens (tertiary/aromatic N) is 2. The number of hydrogen-bond acceptors (Lipinski definition) is 5. The minimum atomic E-state index is -0.293. The Morgan fingerprint density at radius 3 is 2.52 bits per heavy atom. The molecule has 0 atom stereocenters. The maximum absolute atomic E-state index is 12.6. The summed E-state index contributed by atoms with van der Waals surface area (Å²) in [6.07, 6.45) is 5.37. The van der Waals surface area contributed by atoms with Gasteiger partial charge in [-0.05, 0) is 55.5 Å². The highest BCUT2D eigenvalue weighted by Crippen LogP contribution is 2.27. The molecule has 0 bridgehead atoms. The lowest BCUT2D eigenvalue weighted by molar-refractivity contribution is 0.0724. The summed E-state index contributed by atoms with van der Waals surface area (Å²) in [5.41, 5.74) is 1.78. The fraction of sp³-hybridized carbons (Fsp3) is 0.409. The van der Waals surface area contributed by atoms with Gasteiger partial charge >= 0.3 is 0 Å². The van der Waals surface area contributed by atoms with Gasteiger partial charge in [-0.1, -0.05) is 6.07 Å². The van der Waals surface area contributed by atoms with Crippen molar-refractivity contribution in [1.82, 2.24) is 15.2 Å². The van der Waals surface area contributed by atoms with Gasteiger partial charge in [0.25, 0.3) is 11.8 Å². The van der Waals surface area contributed by atoms with Crippen LogP contribution in [0.1, 0.15) is 45.7 Å². The fourth-order valence-corrected chi connectivity index (χ4v) is 3.41. The van der Waals surface area contributed by atoms with E-state index in [1.807, 2.05) is 23.1 Å². The predicted octanol–water partition coefficient (Wildman–Crippen LogP) is 2.70. The number of pyridine rings is 1. The second-order valence-corrected chi connectivity index (χ2v) is 6.98. The van der Waals surface area contributed by atoms with Crippen LogP contribution in [0.3, 0.4) is 0 Å². The van der Waals surface area contributed by atoms with Crippen LogP contribution in [0, 0.1) is 0 Å². The van der Waals surface area contributed by atoms with Gasteiger partial charge in [0.05, 0.1) is 14.2 Å². The van der Waals surface area contributed by atoms with Crippen LogP contribution in [0.4, 0.5) is 0 Å². The molecular formula is C22H27N3O4. The summed E-state index contributed by atoms with van der Waals surface area (Å²) >= 11 is 0. The van der Waals surface area contributed by atoms with Gasteiger partial charge in [-0.2, -0.15) is 0 Å². The third-order valence-electron chi connectivity index (χ3n) is 5.03. The van der Waals surface area contributed by atoms with Crippen molar-refractivity contribution in [2.75, 3.05) is 33.9 Å². The molecule has 2 aromatic rings. The Labute approximate surface area is 171 Å². The molecule has 1 N–H and O–H groups in total. The van der Waals surface area contributed by atoms with Gasteiger partial charge in [0.1, 0.15) is 5.69 Å². The first-order chi connectivity index (χ1) is 14.1. The highest BCUT2D eigenvalue weighted by Gasteiger charge is 2.19. The molecule has 7 nitrogen and oxygen atoms in total. The number of carbonyl (C=O) groups excluding carboxylic acids is 2. The number of methoxy groups -OCH3 is 2. The van der Waals surface area contributed by atoms with Crippen LogP contribution in [0.25, 0.3) is 0 Å². The molecule has 0 unspecified atom stereocenters. The number of carbonyl (C=O) groups is 2. The quantitative estimate of drug-likeness (QED) is 0.777. The SMILES string of the molecule is COc1ccc(CCNC(=O)c2cc(C(=O)N3CCCCC3)ccn2)cc1OC. The van der Waals surface area contributed by atoms with Gasteiger partial charge in [-0.15, -0.1) is 0 Å². The Balaban J connectivity index is 1.57. The Bertz CT molecular complexity index is 863. The fourth-order valence-electron chi connectivity index (χ4n) is 3.41. The predicted molar refractivity (Wildman–Crippen MR) is 110 cm³/mol. The van der Waals surface area contributed by atoms with Crippen LogP contribution in [0.2, 0.25) is 0 Å². The van der Waals surface area contributed by atoms with E-state index >= 15 is 0 Å². The van der Waals surface area contributed by atoms with Gasteiger partial charge < -0.3 is 19.7 Å². The molecule has 1 saturated heterocycles. The van der Waals surface area contributed by atoms with Crippen LogP contribution in [0.5, 0.6) is 11.5 Å². The van der Waals surface area contributed by atoms with Crippen LogP contribution in [-0.2, 0) is 6.42 Å². The number of ether oxygens (including phenoxy) is 2. The van der Waals surface area contributed by atoms with Crippen molar-refractivity contribution in [3.8, 4) is 11.5 Å². The van der Waals surface area contributed by atoms with Crippen molar-refractivity contribution in [3.63, 3.8) is 0 Å².